The van der Waals surface area contributed by atoms with Gasteiger partial charge in [-0.15, -0.1) is 0 Å². The van der Waals surface area contributed by atoms with Gasteiger partial charge >= 0.3 is 5.97 Å². The summed E-state index contributed by atoms with van der Waals surface area (Å²) in [4.78, 5) is 11.2. The van der Waals surface area contributed by atoms with Crippen LogP contribution >= 0.6 is 0 Å². The summed E-state index contributed by atoms with van der Waals surface area (Å²) in [5.74, 6) is -1.14. The topological polar surface area (TPSA) is 46.5 Å². The average molecular weight is 246 g/mol. The highest BCUT2D eigenvalue weighted by Gasteiger charge is 2.35. The Hall–Kier alpha value is -1.61. The highest BCUT2D eigenvalue weighted by molar-refractivity contribution is 5.71. The van der Waals surface area contributed by atoms with Crippen molar-refractivity contribution in [3.8, 4) is 0 Å². The fourth-order valence-electron chi connectivity index (χ4n) is 2.24. The van der Waals surface area contributed by atoms with E-state index in [1.807, 2.05) is 30.3 Å². The van der Waals surface area contributed by atoms with Crippen molar-refractivity contribution in [3.63, 3.8) is 0 Å². The molecule has 0 spiro atoms. The third kappa shape index (κ3) is 2.99. The zero-order valence-corrected chi connectivity index (χ0v) is 10.3. The highest BCUT2D eigenvalue weighted by atomic mass is 16.5. The number of carboxylic acid groups (broad SMARTS) is 1. The third-order valence-corrected chi connectivity index (χ3v) is 3.51. The van der Waals surface area contributed by atoms with Gasteiger partial charge in [0.2, 0.25) is 0 Å². The number of allylic oxidation sites excluding steroid dienone is 1. The maximum Gasteiger partial charge on any atom is 0.309 e. The Morgan fingerprint density at radius 3 is 2.67 bits per heavy atom. The van der Waals surface area contributed by atoms with Gasteiger partial charge in [-0.1, -0.05) is 42.5 Å². The number of benzene rings is 1. The fourth-order valence-corrected chi connectivity index (χ4v) is 2.24. The Balaban J connectivity index is 1.83. The second-order valence-electron chi connectivity index (χ2n) is 4.75. The van der Waals surface area contributed by atoms with Gasteiger partial charge in [0.1, 0.15) is 0 Å². The summed E-state index contributed by atoms with van der Waals surface area (Å²) in [6.45, 7) is 4.61. The molecule has 0 heterocycles. The van der Waals surface area contributed by atoms with Crippen molar-refractivity contribution in [2.24, 2.45) is 11.8 Å². The van der Waals surface area contributed by atoms with Crippen molar-refractivity contribution in [1.82, 2.24) is 0 Å². The van der Waals surface area contributed by atoms with E-state index in [1.54, 1.807) is 0 Å². The second kappa shape index (κ2) is 5.83. The number of carboxylic acids is 1. The van der Waals surface area contributed by atoms with Gasteiger partial charge in [-0.2, -0.15) is 0 Å². The molecule has 1 fully saturated rings. The highest BCUT2D eigenvalue weighted by Crippen LogP contribution is 2.38. The molecule has 0 amide bonds. The lowest BCUT2D eigenvalue weighted by atomic mass is 9.72. The molecule has 1 saturated carbocycles. The van der Waals surface area contributed by atoms with Crippen LogP contribution in [0, 0.1) is 11.8 Å². The Morgan fingerprint density at radius 1 is 1.44 bits per heavy atom. The van der Waals surface area contributed by atoms with Crippen molar-refractivity contribution in [3.05, 3.63) is 48.0 Å². The van der Waals surface area contributed by atoms with E-state index in [0.29, 0.717) is 6.61 Å². The van der Waals surface area contributed by atoms with Gasteiger partial charge in [0.25, 0.3) is 0 Å². The molecule has 2 unspecified atom stereocenters. The minimum Gasteiger partial charge on any atom is -0.481 e. The molecule has 3 nitrogen and oxygen atoms in total. The summed E-state index contributed by atoms with van der Waals surface area (Å²) in [5.41, 5.74) is 2.11. The quantitative estimate of drug-likeness (QED) is 0.785. The molecule has 1 aromatic carbocycles. The number of aliphatic carboxylic acids is 1. The van der Waals surface area contributed by atoms with E-state index in [4.69, 9.17) is 4.74 Å². The first-order valence-corrected chi connectivity index (χ1v) is 6.20. The van der Waals surface area contributed by atoms with Crippen LogP contribution in [-0.4, -0.2) is 17.7 Å². The summed E-state index contributed by atoms with van der Waals surface area (Å²) in [6.07, 6.45) is 1.87. The van der Waals surface area contributed by atoms with Crippen molar-refractivity contribution in [2.45, 2.75) is 19.4 Å². The van der Waals surface area contributed by atoms with Gasteiger partial charge < -0.3 is 9.84 Å². The van der Waals surface area contributed by atoms with Crippen LogP contribution < -0.4 is 0 Å². The smallest absolute Gasteiger partial charge is 0.309 e. The number of carbonyl (C=O) groups is 1. The average Bonchev–Trinajstić information content (AvgIpc) is 2.36. The molecule has 1 aliphatic carbocycles. The Bertz CT molecular complexity index is 425. The number of hydrogen-bond donors (Lipinski definition) is 1. The number of hydrogen-bond acceptors (Lipinski definition) is 2. The summed E-state index contributed by atoms with van der Waals surface area (Å²) in [6, 6.07) is 9.78. The first-order valence-electron chi connectivity index (χ1n) is 6.20. The Kier molecular flexibility index (Phi) is 4.15. The van der Waals surface area contributed by atoms with Crippen LogP contribution in [0.15, 0.2) is 42.5 Å². The van der Waals surface area contributed by atoms with Crippen LogP contribution in [0.25, 0.3) is 0 Å². The summed E-state index contributed by atoms with van der Waals surface area (Å²) >= 11 is 0. The van der Waals surface area contributed by atoms with E-state index < -0.39 is 11.9 Å². The van der Waals surface area contributed by atoms with E-state index in [-0.39, 0.29) is 12.5 Å². The predicted octanol–water partition coefficient (Wildman–Crippen LogP) is 2.87. The molecular weight excluding hydrogens is 228 g/mol. The van der Waals surface area contributed by atoms with E-state index >= 15 is 0 Å². The Labute approximate surface area is 107 Å². The lowest BCUT2D eigenvalue weighted by molar-refractivity contribution is -0.146. The molecule has 2 rings (SSSR count). The molecule has 0 saturated heterocycles. The SMILES string of the molecule is C=C1CCC1C(COCc1ccccc1)C(=O)O. The first-order chi connectivity index (χ1) is 8.68. The molecule has 0 aromatic heterocycles. The van der Waals surface area contributed by atoms with Crippen molar-refractivity contribution in [1.29, 1.82) is 0 Å². The molecule has 1 aliphatic rings. The molecular formula is C15H18O3. The van der Waals surface area contributed by atoms with Crippen LogP contribution in [0.2, 0.25) is 0 Å². The third-order valence-electron chi connectivity index (χ3n) is 3.51. The summed E-state index contributed by atoms with van der Waals surface area (Å²) in [5, 5.41) is 9.20. The number of rotatable bonds is 6. The standard InChI is InChI=1S/C15H18O3/c1-11-7-8-13(11)14(15(16)17)10-18-9-12-5-3-2-4-6-12/h2-6,13-14H,1,7-10H2,(H,16,17). The number of ether oxygens (including phenoxy) is 1. The van der Waals surface area contributed by atoms with Gasteiger partial charge in [0, 0.05) is 0 Å². The van der Waals surface area contributed by atoms with Crippen molar-refractivity contribution >= 4 is 5.97 Å². The van der Waals surface area contributed by atoms with Gasteiger partial charge in [0.15, 0.2) is 0 Å². The molecule has 96 valence electrons. The summed E-state index contributed by atoms with van der Waals surface area (Å²) in [7, 11) is 0. The molecule has 0 aliphatic heterocycles. The monoisotopic (exact) mass is 246 g/mol. The van der Waals surface area contributed by atoms with Gasteiger partial charge in [-0.25, -0.2) is 0 Å². The second-order valence-corrected chi connectivity index (χ2v) is 4.75. The van der Waals surface area contributed by atoms with Crippen LogP contribution in [-0.2, 0) is 16.1 Å². The predicted molar refractivity (Wildman–Crippen MR) is 69.1 cm³/mol. The van der Waals surface area contributed by atoms with Crippen LogP contribution in [0.1, 0.15) is 18.4 Å². The molecule has 1 aromatic rings. The van der Waals surface area contributed by atoms with Crippen LogP contribution in [0.5, 0.6) is 0 Å². The van der Waals surface area contributed by atoms with E-state index in [9.17, 15) is 9.90 Å². The zero-order valence-electron chi connectivity index (χ0n) is 10.3. The zero-order chi connectivity index (χ0) is 13.0. The molecule has 1 N–H and O–H groups in total. The molecule has 3 heteroatoms. The van der Waals surface area contributed by atoms with Crippen LogP contribution in [0.4, 0.5) is 0 Å². The lowest BCUT2D eigenvalue weighted by Crippen LogP contribution is -2.33. The normalized spacial score (nSPS) is 20.2. The molecule has 0 bridgehead atoms. The minimum absolute atomic E-state index is 0.0956. The van der Waals surface area contributed by atoms with Crippen molar-refractivity contribution < 1.29 is 14.6 Å². The fraction of sp³-hybridized carbons (Fsp3) is 0.400. The van der Waals surface area contributed by atoms with Crippen LogP contribution in [0.3, 0.4) is 0 Å². The van der Waals surface area contributed by atoms with E-state index in [1.165, 1.54) is 0 Å². The van der Waals surface area contributed by atoms with E-state index in [2.05, 4.69) is 6.58 Å². The molecule has 0 radical (unpaired) electrons. The van der Waals surface area contributed by atoms with E-state index in [0.717, 1.165) is 24.0 Å². The molecule has 18 heavy (non-hydrogen) atoms. The maximum absolute atomic E-state index is 11.2. The largest absolute Gasteiger partial charge is 0.481 e. The lowest BCUT2D eigenvalue weighted by Gasteiger charge is -2.33. The van der Waals surface area contributed by atoms with Gasteiger partial charge in [-0.05, 0) is 24.3 Å². The summed E-state index contributed by atoms with van der Waals surface area (Å²) < 4.78 is 5.53. The van der Waals surface area contributed by atoms with Gasteiger partial charge in [-0.3, -0.25) is 4.79 Å². The first kappa shape index (κ1) is 12.8. The maximum atomic E-state index is 11.2. The minimum atomic E-state index is -0.783. The Morgan fingerprint density at radius 2 is 2.17 bits per heavy atom. The van der Waals surface area contributed by atoms with Gasteiger partial charge in [0.05, 0.1) is 19.1 Å². The van der Waals surface area contributed by atoms with Crippen molar-refractivity contribution in [2.75, 3.05) is 6.61 Å². The molecule has 2 atom stereocenters.